The Hall–Kier alpha value is -0.900. The maximum absolute atomic E-state index is 12.3. The summed E-state index contributed by atoms with van der Waals surface area (Å²) in [5.41, 5.74) is -0.464. The summed E-state index contributed by atoms with van der Waals surface area (Å²) in [5, 5.41) is 9.29. The number of aliphatic hydroxyl groups excluding tert-OH is 1. The first kappa shape index (κ1) is 14.5. The van der Waals surface area contributed by atoms with E-state index in [1.807, 2.05) is 13.8 Å². The van der Waals surface area contributed by atoms with Crippen LogP contribution in [0.1, 0.15) is 58.8 Å². The second-order valence-electron chi connectivity index (χ2n) is 7.11. The fraction of sp³-hybridized carbons (Fsp3) is 0.867. The van der Waals surface area contributed by atoms with Crippen molar-refractivity contribution < 1.29 is 14.7 Å². The van der Waals surface area contributed by atoms with Gasteiger partial charge in [-0.15, -0.1) is 0 Å². The van der Waals surface area contributed by atoms with Crippen molar-refractivity contribution in [2.24, 2.45) is 10.8 Å². The summed E-state index contributed by atoms with van der Waals surface area (Å²) in [6, 6.07) is 0. The molecule has 1 aliphatic heterocycles. The van der Waals surface area contributed by atoms with E-state index in [1.165, 1.54) is 11.3 Å². The first-order valence-electron chi connectivity index (χ1n) is 7.32. The van der Waals surface area contributed by atoms with Crippen LogP contribution in [0, 0.1) is 10.8 Å². The molecular weight excluding hydrogens is 242 g/mol. The number of aliphatic hydroxyl groups is 1. The molecule has 1 spiro atoms. The average molecular weight is 267 g/mol. The van der Waals surface area contributed by atoms with E-state index in [0.717, 1.165) is 25.7 Å². The number of piperidine rings is 1. The first-order valence-corrected chi connectivity index (χ1v) is 7.32. The monoisotopic (exact) mass is 267 g/mol. The van der Waals surface area contributed by atoms with Gasteiger partial charge in [-0.3, -0.25) is 14.5 Å². The van der Waals surface area contributed by atoms with Crippen LogP contribution < -0.4 is 0 Å². The lowest BCUT2D eigenvalue weighted by molar-refractivity contribution is -0.156. The number of imide groups is 1. The highest BCUT2D eigenvalue weighted by Gasteiger charge is 2.44. The minimum Gasteiger partial charge on any atom is -0.396 e. The molecule has 0 aromatic rings. The van der Waals surface area contributed by atoms with E-state index >= 15 is 0 Å². The molecule has 2 aliphatic rings. The number of carbonyl (C=O) groups excluding carboxylic acids is 2. The molecule has 1 N–H and O–H groups in total. The van der Waals surface area contributed by atoms with Gasteiger partial charge in [-0.05, 0) is 18.3 Å². The summed E-state index contributed by atoms with van der Waals surface area (Å²) >= 11 is 0. The minimum atomic E-state index is -0.414. The van der Waals surface area contributed by atoms with Crippen LogP contribution >= 0.6 is 0 Å². The predicted octanol–water partition coefficient (Wildman–Crippen LogP) is 2.10. The third-order valence-electron chi connectivity index (χ3n) is 4.58. The molecule has 0 unspecified atom stereocenters. The van der Waals surface area contributed by atoms with Gasteiger partial charge >= 0.3 is 0 Å². The summed E-state index contributed by atoms with van der Waals surface area (Å²) in [6.07, 6.45) is 6.57. The van der Waals surface area contributed by atoms with Crippen molar-refractivity contribution in [1.29, 1.82) is 0 Å². The van der Waals surface area contributed by atoms with Gasteiger partial charge in [0.2, 0.25) is 11.8 Å². The van der Waals surface area contributed by atoms with Crippen LogP contribution in [0.25, 0.3) is 0 Å². The van der Waals surface area contributed by atoms with E-state index in [2.05, 4.69) is 0 Å². The van der Waals surface area contributed by atoms with Crippen LogP contribution in [0.15, 0.2) is 0 Å². The average Bonchev–Trinajstić information content (AvgIpc) is 2.35. The van der Waals surface area contributed by atoms with Crippen molar-refractivity contribution in [3.05, 3.63) is 0 Å². The van der Waals surface area contributed by atoms with Gasteiger partial charge in [0.1, 0.15) is 0 Å². The van der Waals surface area contributed by atoms with Crippen molar-refractivity contribution >= 4 is 11.8 Å². The zero-order valence-electron chi connectivity index (χ0n) is 12.1. The number of hydrogen-bond acceptors (Lipinski definition) is 3. The van der Waals surface area contributed by atoms with Gasteiger partial charge in [-0.2, -0.15) is 0 Å². The lowest BCUT2D eigenvalue weighted by atomic mass is 9.67. The molecule has 108 valence electrons. The standard InChI is InChI=1S/C15H25NO3/c1-14(2,11-17)10-16-12(18)8-15(9-13(16)19)6-4-3-5-7-15/h17H,3-11H2,1-2H3. The molecule has 0 atom stereocenters. The van der Waals surface area contributed by atoms with E-state index in [0.29, 0.717) is 19.4 Å². The molecule has 0 aromatic carbocycles. The maximum Gasteiger partial charge on any atom is 0.229 e. The van der Waals surface area contributed by atoms with Crippen molar-refractivity contribution in [3.8, 4) is 0 Å². The molecule has 2 fully saturated rings. The number of hydrogen-bond donors (Lipinski definition) is 1. The van der Waals surface area contributed by atoms with Gasteiger partial charge in [0.25, 0.3) is 0 Å². The van der Waals surface area contributed by atoms with E-state index in [4.69, 9.17) is 0 Å². The van der Waals surface area contributed by atoms with Crippen molar-refractivity contribution in [1.82, 2.24) is 4.90 Å². The molecule has 0 radical (unpaired) electrons. The summed E-state index contributed by atoms with van der Waals surface area (Å²) in [7, 11) is 0. The predicted molar refractivity (Wildman–Crippen MR) is 72.3 cm³/mol. The lowest BCUT2D eigenvalue weighted by Gasteiger charge is -2.43. The van der Waals surface area contributed by atoms with Crippen molar-refractivity contribution in [3.63, 3.8) is 0 Å². The van der Waals surface area contributed by atoms with Gasteiger partial charge < -0.3 is 5.11 Å². The molecule has 1 saturated carbocycles. The van der Waals surface area contributed by atoms with E-state index in [1.54, 1.807) is 0 Å². The fourth-order valence-electron chi connectivity index (χ4n) is 3.34. The molecule has 4 nitrogen and oxygen atoms in total. The van der Waals surface area contributed by atoms with Crippen LogP contribution in [0.4, 0.5) is 0 Å². The number of amides is 2. The second-order valence-corrected chi connectivity index (χ2v) is 7.11. The Morgan fingerprint density at radius 2 is 1.63 bits per heavy atom. The highest BCUT2D eigenvalue weighted by molar-refractivity contribution is 5.98. The quantitative estimate of drug-likeness (QED) is 0.797. The first-order chi connectivity index (χ1) is 8.87. The van der Waals surface area contributed by atoms with Crippen LogP contribution in [0.2, 0.25) is 0 Å². The highest BCUT2D eigenvalue weighted by Crippen LogP contribution is 2.45. The third kappa shape index (κ3) is 3.16. The lowest BCUT2D eigenvalue weighted by Crippen LogP contribution is -2.51. The smallest absolute Gasteiger partial charge is 0.229 e. The number of rotatable bonds is 3. The molecule has 0 bridgehead atoms. The molecule has 19 heavy (non-hydrogen) atoms. The van der Waals surface area contributed by atoms with E-state index in [9.17, 15) is 14.7 Å². The van der Waals surface area contributed by atoms with Gasteiger partial charge in [0.15, 0.2) is 0 Å². The number of likely N-dealkylation sites (tertiary alicyclic amines) is 1. The maximum atomic E-state index is 12.3. The van der Waals surface area contributed by atoms with Gasteiger partial charge in [0, 0.05) is 31.4 Å². The summed E-state index contributed by atoms with van der Waals surface area (Å²) < 4.78 is 0. The Kier molecular flexibility index (Phi) is 4.00. The normalized spacial score (nSPS) is 24.1. The minimum absolute atomic E-state index is 0.0186. The molecule has 4 heteroatoms. The highest BCUT2D eigenvalue weighted by atomic mass is 16.3. The van der Waals surface area contributed by atoms with E-state index < -0.39 is 5.41 Å². The van der Waals surface area contributed by atoms with E-state index in [-0.39, 0.29) is 23.8 Å². The number of nitrogens with zero attached hydrogens (tertiary/aromatic N) is 1. The van der Waals surface area contributed by atoms with Crippen molar-refractivity contribution in [2.75, 3.05) is 13.2 Å². The van der Waals surface area contributed by atoms with Gasteiger partial charge in [-0.1, -0.05) is 33.1 Å². The van der Waals surface area contributed by atoms with Crippen LogP contribution in [0.5, 0.6) is 0 Å². The summed E-state index contributed by atoms with van der Waals surface area (Å²) in [4.78, 5) is 26.0. The van der Waals surface area contributed by atoms with Gasteiger partial charge in [-0.25, -0.2) is 0 Å². The van der Waals surface area contributed by atoms with Crippen molar-refractivity contribution in [2.45, 2.75) is 58.8 Å². The largest absolute Gasteiger partial charge is 0.396 e. The molecule has 2 amide bonds. The summed E-state index contributed by atoms with van der Waals surface area (Å²) in [5.74, 6) is -0.0839. The molecule has 1 saturated heterocycles. The van der Waals surface area contributed by atoms with Crippen LogP contribution in [-0.2, 0) is 9.59 Å². The number of carbonyl (C=O) groups is 2. The van der Waals surface area contributed by atoms with Crippen LogP contribution in [-0.4, -0.2) is 35.0 Å². The molecule has 1 aliphatic carbocycles. The second kappa shape index (κ2) is 5.23. The Labute approximate surface area is 115 Å². The third-order valence-corrected chi connectivity index (χ3v) is 4.58. The molecular formula is C15H25NO3. The SMILES string of the molecule is CC(C)(CO)CN1C(=O)CC2(CCCCC2)CC1=O. The molecule has 1 heterocycles. The molecule has 0 aromatic heterocycles. The van der Waals surface area contributed by atoms with Crippen LogP contribution in [0.3, 0.4) is 0 Å². The Morgan fingerprint density at radius 3 is 2.11 bits per heavy atom. The van der Waals surface area contributed by atoms with Gasteiger partial charge in [0.05, 0.1) is 0 Å². The molecule has 2 rings (SSSR count). The Bertz CT molecular complexity index is 350. The Balaban J connectivity index is 2.07. The fourth-order valence-corrected chi connectivity index (χ4v) is 3.34. The zero-order valence-corrected chi connectivity index (χ0v) is 12.1. The topological polar surface area (TPSA) is 57.6 Å². The Morgan fingerprint density at radius 1 is 1.11 bits per heavy atom. The zero-order chi connectivity index (χ0) is 14.1. The summed E-state index contributed by atoms with van der Waals surface area (Å²) in [6.45, 7) is 4.06.